The predicted octanol–water partition coefficient (Wildman–Crippen LogP) is 2.20. The zero-order valence-electron chi connectivity index (χ0n) is 37.6. The molecule has 4 heterocycles. The van der Waals surface area contributed by atoms with E-state index < -0.39 is 96.1 Å². The molecule has 0 radical (unpaired) electrons. The quantitative estimate of drug-likeness (QED) is 0.142. The van der Waals surface area contributed by atoms with E-state index in [1.54, 1.807) is 41.7 Å². The Morgan fingerprint density at radius 1 is 0.914 bits per heavy atom. The number of hydrogen-bond donors (Lipinski definition) is 5. The molecule has 16 nitrogen and oxygen atoms in total. The number of hydrogen-bond acceptors (Lipinski definition) is 16. The van der Waals surface area contributed by atoms with Gasteiger partial charge >= 0.3 is 5.97 Å². The summed E-state index contributed by atoms with van der Waals surface area (Å²) >= 11 is 0. The van der Waals surface area contributed by atoms with E-state index in [4.69, 9.17) is 42.6 Å². The topological polar surface area (TPSA) is 196 Å². The highest BCUT2D eigenvalue weighted by atomic mass is 16.7. The Morgan fingerprint density at radius 2 is 1.59 bits per heavy atom. The molecule has 0 spiro atoms. The zero-order chi connectivity index (χ0) is 43.5. The molecule has 0 amide bonds. The molecule has 4 rings (SSSR count). The summed E-state index contributed by atoms with van der Waals surface area (Å²) in [5.74, 6) is -2.95. The molecule has 2 bridgehead atoms. The summed E-state index contributed by atoms with van der Waals surface area (Å²) in [7, 11) is 6.90. The van der Waals surface area contributed by atoms with Gasteiger partial charge in [-0.25, -0.2) is 0 Å². The molecule has 0 saturated carbocycles. The fourth-order valence-electron chi connectivity index (χ4n) is 10.0. The van der Waals surface area contributed by atoms with E-state index in [1.165, 1.54) is 7.11 Å². The van der Waals surface area contributed by atoms with E-state index in [1.807, 2.05) is 53.6 Å². The highest BCUT2D eigenvalue weighted by Crippen LogP contribution is 2.43. The van der Waals surface area contributed by atoms with Crippen molar-refractivity contribution in [2.45, 2.75) is 191 Å². The molecule has 4 fully saturated rings. The minimum absolute atomic E-state index is 0.137. The van der Waals surface area contributed by atoms with Gasteiger partial charge in [0.05, 0.1) is 67.5 Å². The number of aliphatic hydroxyl groups is 4. The maximum atomic E-state index is 14.5. The summed E-state index contributed by atoms with van der Waals surface area (Å²) in [4.78, 5) is 16.4. The van der Waals surface area contributed by atoms with Crippen LogP contribution >= 0.6 is 0 Å². The SMILES string of the molecule is CC[C@H]1OC(=O)[C@H](C)[C@@H](OC2CC(C)(OC)C(O)C(C)O2)C(C)[C@@H](OC2OC(C)CC(N(C)C)C2O)[C@](C)(O)C[C@@H](C)[C@@H]2N[C@@H](COCCOC)OC([C@H]2C)[C@]1(C)O. The van der Waals surface area contributed by atoms with Gasteiger partial charge in [0.1, 0.15) is 30.1 Å². The average Bonchev–Trinajstić information content (AvgIpc) is 3.15. The third-order valence-electron chi connectivity index (χ3n) is 13.5. The Morgan fingerprint density at radius 3 is 2.19 bits per heavy atom. The van der Waals surface area contributed by atoms with Crippen LogP contribution in [-0.4, -0.2) is 176 Å². The summed E-state index contributed by atoms with van der Waals surface area (Å²) in [5, 5.41) is 51.5. The number of ether oxygens (including phenoxy) is 9. The van der Waals surface area contributed by atoms with Crippen molar-refractivity contribution in [3.63, 3.8) is 0 Å². The summed E-state index contributed by atoms with van der Waals surface area (Å²) < 4.78 is 55.7. The molecular formula is C42H78N2O14. The van der Waals surface area contributed by atoms with E-state index in [0.717, 1.165) is 0 Å². The van der Waals surface area contributed by atoms with E-state index in [-0.39, 0.29) is 55.9 Å². The van der Waals surface area contributed by atoms with Gasteiger partial charge < -0.3 is 68.0 Å². The molecule has 0 aromatic rings. The number of esters is 1. The molecule has 4 aliphatic heterocycles. The van der Waals surface area contributed by atoms with Gasteiger partial charge in [-0.1, -0.05) is 27.7 Å². The first-order chi connectivity index (χ1) is 27.0. The van der Waals surface area contributed by atoms with Crippen LogP contribution in [0, 0.1) is 23.7 Å². The first-order valence-corrected chi connectivity index (χ1v) is 21.4. The highest BCUT2D eigenvalue weighted by molar-refractivity contribution is 5.73. The Hall–Kier alpha value is -1.09. The maximum Gasteiger partial charge on any atom is 0.311 e. The van der Waals surface area contributed by atoms with Crippen molar-refractivity contribution in [2.75, 3.05) is 48.1 Å². The molecule has 0 aliphatic carbocycles. The lowest BCUT2D eigenvalue weighted by Gasteiger charge is -2.52. The van der Waals surface area contributed by atoms with Gasteiger partial charge in [0.15, 0.2) is 12.6 Å². The second-order valence-corrected chi connectivity index (χ2v) is 18.6. The Balaban J connectivity index is 1.83. The van der Waals surface area contributed by atoms with Crippen molar-refractivity contribution < 1.29 is 67.9 Å². The number of carbonyl (C=O) groups is 1. The first kappa shape index (κ1) is 49.6. The Bertz CT molecular complexity index is 1290. The molecular weight excluding hydrogens is 756 g/mol. The highest BCUT2D eigenvalue weighted by Gasteiger charge is 2.55. The van der Waals surface area contributed by atoms with Crippen LogP contribution in [0.15, 0.2) is 0 Å². The lowest BCUT2D eigenvalue weighted by atomic mass is 9.71. The minimum atomic E-state index is -1.64. The van der Waals surface area contributed by atoms with Crippen LogP contribution in [-0.2, 0) is 47.4 Å². The van der Waals surface area contributed by atoms with Crippen LogP contribution in [0.25, 0.3) is 0 Å². The van der Waals surface area contributed by atoms with Gasteiger partial charge in [0.2, 0.25) is 0 Å². The van der Waals surface area contributed by atoms with Crippen LogP contribution in [0.4, 0.5) is 0 Å². The molecule has 0 aromatic carbocycles. The molecule has 20 atom stereocenters. The number of cyclic esters (lactones) is 1. The largest absolute Gasteiger partial charge is 0.459 e. The van der Waals surface area contributed by atoms with Crippen molar-refractivity contribution in [1.82, 2.24) is 10.2 Å². The number of carbonyl (C=O) groups excluding carboxylic acids is 1. The van der Waals surface area contributed by atoms with Crippen LogP contribution < -0.4 is 5.32 Å². The van der Waals surface area contributed by atoms with Crippen molar-refractivity contribution in [3.05, 3.63) is 0 Å². The van der Waals surface area contributed by atoms with Gasteiger partial charge in [-0.15, -0.1) is 0 Å². The van der Waals surface area contributed by atoms with E-state index in [2.05, 4.69) is 5.32 Å². The third-order valence-corrected chi connectivity index (χ3v) is 13.5. The molecule has 5 N–H and O–H groups in total. The van der Waals surface area contributed by atoms with E-state index in [0.29, 0.717) is 19.6 Å². The smallest absolute Gasteiger partial charge is 0.311 e. The van der Waals surface area contributed by atoms with Gasteiger partial charge in [0.25, 0.3) is 0 Å². The molecule has 58 heavy (non-hydrogen) atoms. The van der Waals surface area contributed by atoms with Crippen LogP contribution in [0.1, 0.15) is 94.9 Å². The monoisotopic (exact) mass is 835 g/mol. The maximum absolute atomic E-state index is 14.5. The zero-order valence-corrected chi connectivity index (χ0v) is 37.6. The summed E-state index contributed by atoms with van der Waals surface area (Å²) in [6, 6.07) is -0.593. The number of fused-ring (bicyclic) bond motifs is 2. The van der Waals surface area contributed by atoms with E-state index in [9.17, 15) is 25.2 Å². The lowest BCUT2D eigenvalue weighted by molar-refractivity contribution is -0.318. The normalized spacial score (nSPS) is 48.7. The van der Waals surface area contributed by atoms with Crippen molar-refractivity contribution >= 4 is 5.97 Å². The fourth-order valence-corrected chi connectivity index (χ4v) is 10.0. The number of rotatable bonds is 12. The summed E-state index contributed by atoms with van der Waals surface area (Å²) in [6.45, 7) is 19.1. The molecule has 16 heteroatoms. The molecule has 4 aliphatic rings. The van der Waals surface area contributed by atoms with Gasteiger partial charge in [-0.3, -0.25) is 10.1 Å². The third kappa shape index (κ3) is 11.1. The predicted molar refractivity (Wildman–Crippen MR) is 214 cm³/mol. The van der Waals surface area contributed by atoms with E-state index >= 15 is 0 Å². The van der Waals surface area contributed by atoms with Gasteiger partial charge in [-0.05, 0) is 80.8 Å². The number of methoxy groups -OCH3 is 2. The second kappa shape index (κ2) is 20.4. The summed E-state index contributed by atoms with van der Waals surface area (Å²) in [5.41, 5.74) is -4.27. The summed E-state index contributed by atoms with van der Waals surface area (Å²) in [6.07, 6.45) is -8.29. The molecule has 10 unspecified atom stereocenters. The van der Waals surface area contributed by atoms with Gasteiger partial charge in [0, 0.05) is 44.6 Å². The van der Waals surface area contributed by atoms with Crippen LogP contribution in [0.3, 0.4) is 0 Å². The first-order valence-electron chi connectivity index (χ1n) is 21.4. The standard InChI is InChI=1S/C42H78N2O14/c1-15-29-42(10,49)37-24(4)32(43-30(56-37)21-52-17-16-50-13)22(2)19-40(8,48)36(58-39-33(45)28(44(11)12)18-23(3)53-39)25(5)34(26(6)38(47)55-29)57-31-20-41(9,51-14)35(46)27(7)54-31/h22-37,39,43,45-46,48-49H,15-21H2,1-14H3/t22-,23?,24+,25?,26-,27?,28?,29-,30-,31?,32+,33?,34+,35?,36-,37?,39?,40-,41?,42-/m1/s1. The van der Waals surface area contributed by atoms with Crippen molar-refractivity contribution in [3.8, 4) is 0 Å². The molecule has 0 aromatic heterocycles. The number of likely N-dealkylation sites (N-methyl/N-ethyl adjacent to an activating group) is 1. The minimum Gasteiger partial charge on any atom is -0.459 e. The number of nitrogens with zero attached hydrogens (tertiary/aromatic N) is 1. The number of nitrogens with one attached hydrogen (secondary N) is 1. The molecule has 4 saturated heterocycles. The van der Waals surface area contributed by atoms with Gasteiger partial charge in [-0.2, -0.15) is 0 Å². The van der Waals surface area contributed by atoms with Crippen molar-refractivity contribution in [1.29, 1.82) is 0 Å². The van der Waals surface area contributed by atoms with Crippen LogP contribution in [0.2, 0.25) is 0 Å². The Labute approximate surface area is 346 Å². The second-order valence-electron chi connectivity index (χ2n) is 18.6. The fraction of sp³-hybridized carbons (Fsp3) is 0.976. The molecule has 340 valence electrons. The average molecular weight is 835 g/mol. The van der Waals surface area contributed by atoms with Crippen LogP contribution in [0.5, 0.6) is 0 Å². The number of aliphatic hydroxyl groups excluding tert-OH is 2. The van der Waals surface area contributed by atoms with Crippen molar-refractivity contribution in [2.24, 2.45) is 23.7 Å². The Kier molecular flexibility index (Phi) is 17.4. The lowest BCUT2D eigenvalue weighted by Crippen LogP contribution is -2.67.